The van der Waals surface area contributed by atoms with Crippen molar-refractivity contribution in [3.63, 3.8) is 0 Å². The summed E-state index contributed by atoms with van der Waals surface area (Å²) >= 11 is 3.52. The van der Waals surface area contributed by atoms with Crippen molar-refractivity contribution < 1.29 is 4.74 Å². The second-order valence-corrected chi connectivity index (χ2v) is 5.54. The van der Waals surface area contributed by atoms with Crippen LogP contribution < -0.4 is 10.5 Å². The first-order valence-corrected chi connectivity index (χ1v) is 7.07. The Hall–Kier alpha value is -1.32. The van der Waals surface area contributed by atoms with Crippen LogP contribution in [-0.4, -0.2) is 0 Å². The van der Waals surface area contributed by atoms with Gasteiger partial charge in [0.15, 0.2) is 0 Å². The number of benzene rings is 2. The average Bonchev–Trinajstić information content (AvgIpc) is 2.39. The van der Waals surface area contributed by atoms with Gasteiger partial charge in [0.2, 0.25) is 0 Å². The highest BCUT2D eigenvalue weighted by molar-refractivity contribution is 9.10. The van der Waals surface area contributed by atoms with Gasteiger partial charge in [0.1, 0.15) is 12.4 Å². The van der Waals surface area contributed by atoms with Crippen LogP contribution in [0, 0.1) is 13.8 Å². The van der Waals surface area contributed by atoms with Gasteiger partial charge in [-0.05, 0) is 64.2 Å². The first-order valence-electron chi connectivity index (χ1n) is 6.27. The van der Waals surface area contributed by atoms with Crippen LogP contribution >= 0.6 is 15.9 Å². The van der Waals surface area contributed by atoms with Gasteiger partial charge in [-0.3, -0.25) is 0 Å². The zero-order chi connectivity index (χ0) is 13.8. The third kappa shape index (κ3) is 3.58. The Balaban J connectivity index is 2.10. The molecular formula is C16H18BrNO. The number of ether oxygens (including phenoxy) is 1. The molecule has 2 N–H and O–H groups in total. The van der Waals surface area contributed by atoms with E-state index in [-0.39, 0.29) is 0 Å². The monoisotopic (exact) mass is 319 g/mol. The van der Waals surface area contributed by atoms with Crippen LogP contribution in [0.15, 0.2) is 40.9 Å². The molecule has 100 valence electrons. The molecule has 2 aromatic rings. The molecule has 2 aromatic carbocycles. The number of hydrogen-bond donors (Lipinski definition) is 1. The summed E-state index contributed by atoms with van der Waals surface area (Å²) in [6.45, 7) is 5.29. The summed E-state index contributed by atoms with van der Waals surface area (Å²) in [7, 11) is 0. The molecule has 0 spiro atoms. The molecule has 2 nitrogen and oxygen atoms in total. The zero-order valence-corrected chi connectivity index (χ0v) is 12.8. The SMILES string of the molecule is Cc1ccc(OCc2ccc(CN)cc2C)c(Br)c1. The lowest BCUT2D eigenvalue weighted by Crippen LogP contribution is -2.01. The minimum Gasteiger partial charge on any atom is -0.488 e. The smallest absolute Gasteiger partial charge is 0.134 e. The average molecular weight is 320 g/mol. The summed E-state index contributed by atoms with van der Waals surface area (Å²) in [5, 5.41) is 0. The topological polar surface area (TPSA) is 35.2 Å². The van der Waals surface area contributed by atoms with E-state index in [1.54, 1.807) is 0 Å². The van der Waals surface area contributed by atoms with Crippen molar-refractivity contribution in [2.24, 2.45) is 5.73 Å². The molecule has 0 atom stereocenters. The molecule has 0 aliphatic rings. The fourth-order valence-corrected chi connectivity index (χ4v) is 2.53. The second kappa shape index (κ2) is 6.22. The van der Waals surface area contributed by atoms with E-state index in [4.69, 9.17) is 10.5 Å². The van der Waals surface area contributed by atoms with Crippen molar-refractivity contribution in [3.8, 4) is 5.75 Å². The Kier molecular flexibility index (Phi) is 4.61. The molecule has 0 aliphatic heterocycles. The minimum absolute atomic E-state index is 0.568. The van der Waals surface area contributed by atoms with Gasteiger partial charge in [-0.25, -0.2) is 0 Å². The molecule has 3 heteroatoms. The van der Waals surface area contributed by atoms with E-state index in [0.29, 0.717) is 13.2 Å². The molecule has 0 unspecified atom stereocenters. The van der Waals surface area contributed by atoms with E-state index >= 15 is 0 Å². The maximum absolute atomic E-state index is 5.85. The van der Waals surface area contributed by atoms with E-state index < -0.39 is 0 Å². The number of hydrogen-bond acceptors (Lipinski definition) is 2. The molecule has 0 bridgehead atoms. The number of nitrogens with two attached hydrogens (primary N) is 1. The van der Waals surface area contributed by atoms with E-state index in [1.807, 2.05) is 12.1 Å². The third-order valence-corrected chi connectivity index (χ3v) is 3.73. The lowest BCUT2D eigenvalue weighted by Gasteiger charge is -2.11. The number of halogens is 1. The number of rotatable bonds is 4. The van der Waals surface area contributed by atoms with Gasteiger partial charge in [-0.2, -0.15) is 0 Å². The lowest BCUT2D eigenvalue weighted by atomic mass is 10.1. The highest BCUT2D eigenvalue weighted by atomic mass is 79.9. The van der Waals surface area contributed by atoms with E-state index in [1.165, 1.54) is 16.7 Å². The van der Waals surface area contributed by atoms with Crippen molar-refractivity contribution in [2.45, 2.75) is 27.0 Å². The molecule has 19 heavy (non-hydrogen) atoms. The van der Waals surface area contributed by atoms with Crippen LogP contribution in [0.5, 0.6) is 5.75 Å². The summed E-state index contributed by atoms with van der Waals surface area (Å²) in [5.41, 5.74) is 10.4. The fourth-order valence-electron chi connectivity index (χ4n) is 1.93. The molecule has 0 aliphatic carbocycles. The maximum Gasteiger partial charge on any atom is 0.134 e. The van der Waals surface area contributed by atoms with Crippen LogP contribution in [0.2, 0.25) is 0 Å². The molecule has 0 saturated carbocycles. The van der Waals surface area contributed by atoms with Gasteiger partial charge in [0.05, 0.1) is 4.47 Å². The molecule has 0 saturated heterocycles. The van der Waals surface area contributed by atoms with Gasteiger partial charge in [0.25, 0.3) is 0 Å². The minimum atomic E-state index is 0.568. The molecule has 0 heterocycles. The van der Waals surface area contributed by atoms with E-state index in [2.05, 4.69) is 54.0 Å². The Bertz CT molecular complexity index is 581. The predicted octanol–water partition coefficient (Wildman–Crippen LogP) is 4.10. The van der Waals surface area contributed by atoms with Crippen LogP contribution in [0.25, 0.3) is 0 Å². The van der Waals surface area contributed by atoms with E-state index in [0.717, 1.165) is 15.8 Å². The molecule has 2 rings (SSSR count). The van der Waals surface area contributed by atoms with Crippen LogP contribution in [-0.2, 0) is 13.2 Å². The van der Waals surface area contributed by atoms with Gasteiger partial charge in [0, 0.05) is 6.54 Å². The largest absolute Gasteiger partial charge is 0.488 e. The van der Waals surface area contributed by atoms with Crippen molar-refractivity contribution in [1.29, 1.82) is 0 Å². The van der Waals surface area contributed by atoms with Crippen molar-refractivity contribution >= 4 is 15.9 Å². The third-order valence-electron chi connectivity index (χ3n) is 3.11. The fraction of sp³-hybridized carbons (Fsp3) is 0.250. The second-order valence-electron chi connectivity index (χ2n) is 4.69. The quantitative estimate of drug-likeness (QED) is 0.920. The maximum atomic E-state index is 5.85. The summed E-state index contributed by atoms with van der Waals surface area (Å²) in [6.07, 6.45) is 0. The van der Waals surface area contributed by atoms with E-state index in [9.17, 15) is 0 Å². The molecule has 0 aromatic heterocycles. The van der Waals surface area contributed by atoms with Gasteiger partial charge in [-0.15, -0.1) is 0 Å². The molecule has 0 amide bonds. The zero-order valence-electron chi connectivity index (χ0n) is 11.2. The molecule has 0 fully saturated rings. The molecular weight excluding hydrogens is 302 g/mol. The Morgan fingerprint density at radius 2 is 1.89 bits per heavy atom. The summed E-state index contributed by atoms with van der Waals surface area (Å²) < 4.78 is 6.84. The Labute approximate surface area is 122 Å². The van der Waals surface area contributed by atoms with Crippen LogP contribution in [0.1, 0.15) is 22.3 Å². The summed E-state index contributed by atoms with van der Waals surface area (Å²) in [5.74, 6) is 0.868. The van der Waals surface area contributed by atoms with Crippen molar-refractivity contribution in [2.75, 3.05) is 0 Å². The van der Waals surface area contributed by atoms with Gasteiger partial charge in [-0.1, -0.05) is 24.3 Å². The van der Waals surface area contributed by atoms with Crippen LogP contribution in [0.4, 0.5) is 0 Å². The standard InChI is InChI=1S/C16H18BrNO/c1-11-3-6-16(15(17)7-11)19-10-14-5-4-13(9-18)8-12(14)2/h3-8H,9-10,18H2,1-2H3. The van der Waals surface area contributed by atoms with Crippen molar-refractivity contribution in [3.05, 3.63) is 63.1 Å². The summed E-state index contributed by atoms with van der Waals surface area (Å²) in [4.78, 5) is 0. The van der Waals surface area contributed by atoms with Crippen molar-refractivity contribution in [1.82, 2.24) is 0 Å². The summed E-state index contributed by atoms with van der Waals surface area (Å²) in [6, 6.07) is 12.3. The first-order chi connectivity index (χ1) is 9.10. The number of aryl methyl sites for hydroxylation is 2. The van der Waals surface area contributed by atoms with Crippen LogP contribution in [0.3, 0.4) is 0 Å². The highest BCUT2D eigenvalue weighted by Gasteiger charge is 2.04. The Morgan fingerprint density at radius 1 is 1.11 bits per heavy atom. The van der Waals surface area contributed by atoms with Gasteiger partial charge < -0.3 is 10.5 Å². The predicted molar refractivity (Wildman–Crippen MR) is 82.3 cm³/mol. The normalized spacial score (nSPS) is 10.5. The first kappa shape index (κ1) is 14.1. The Morgan fingerprint density at radius 3 is 2.53 bits per heavy atom. The molecule has 0 radical (unpaired) electrons. The highest BCUT2D eigenvalue weighted by Crippen LogP contribution is 2.26. The lowest BCUT2D eigenvalue weighted by molar-refractivity contribution is 0.303. The van der Waals surface area contributed by atoms with Gasteiger partial charge >= 0.3 is 0 Å².